The van der Waals surface area contributed by atoms with Gasteiger partial charge in [-0.3, -0.25) is 4.79 Å². The Hall–Kier alpha value is -3.63. The highest BCUT2D eigenvalue weighted by Gasteiger charge is 2.39. The van der Waals surface area contributed by atoms with Crippen molar-refractivity contribution >= 4 is 11.4 Å². The van der Waals surface area contributed by atoms with E-state index >= 15 is 0 Å². The van der Waals surface area contributed by atoms with E-state index in [1.165, 1.54) is 16.6 Å². The minimum Gasteiger partial charge on any atom is -0.417 e. The maximum atomic E-state index is 13.5. The van der Waals surface area contributed by atoms with Gasteiger partial charge in [0.05, 0.1) is 23.2 Å². The smallest absolute Gasteiger partial charge is 0.312 e. The van der Waals surface area contributed by atoms with Crippen LogP contribution in [-0.4, -0.2) is 47.1 Å². The third-order valence-corrected chi connectivity index (χ3v) is 6.33. The van der Waals surface area contributed by atoms with Gasteiger partial charge in [-0.2, -0.15) is 5.10 Å². The number of hydrogen-bond acceptors (Lipinski definition) is 6. The molecule has 1 aliphatic heterocycles. The summed E-state index contributed by atoms with van der Waals surface area (Å²) in [6.07, 6.45) is 4.16. The maximum Gasteiger partial charge on any atom is 0.312 e. The number of hydrogen-bond donors (Lipinski definition) is 1. The number of imidazole rings is 1. The van der Waals surface area contributed by atoms with Crippen LogP contribution < -0.4 is 0 Å². The fraction of sp³-hybridized carbons (Fsp3) is 0.381. The van der Waals surface area contributed by atoms with E-state index in [1.54, 1.807) is 23.5 Å². The van der Waals surface area contributed by atoms with Crippen LogP contribution in [0.25, 0.3) is 5.52 Å². The van der Waals surface area contributed by atoms with Crippen LogP contribution >= 0.6 is 0 Å². The third-order valence-electron chi connectivity index (χ3n) is 6.33. The number of alkyl halides is 2. The molecule has 0 unspecified atom stereocenters. The summed E-state index contributed by atoms with van der Waals surface area (Å²) in [7, 11) is 0. The number of amides is 1. The number of nitrogens with one attached hydrogen (secondary N) is 1. The second-order valence-electron chi connectivity index (χ2n) is 8.15. The van der Waals surface area contributed by atoms with E-state index in [4.69, 9.17) is 4.42 Å². The first kappa shape index (κ1) is 19.1. The number of rotatable bonds is 4. The molecule has 1 saturated carbocycles. The number of pyridine rings is 1. The molecule has 164 valence electrons. The Labute approximate surface area is 180 Å². The van der Waals surface area contributed by atoms with E-state index in [2.05, 4.69) is 25.3 Å². The zero-order valence-corrected chi connectivity index (χ0v) is 16.9. The Morgan fingerprint density at radius 3 is 2.94 bits per heavy atom. The van der Waals surface area contributed by atoms with Gasteiger partial charge in [-0.05, 0) is 31.0 Å². The van der Waals surface area contributed by atoms with Gasteiger partial charge in [0.15, 0.2) is 0 Å². The SMILES string of the molecule is O=C(c1nnc(C2CCC2)o1)N1CCc2[nH]cnc2[C@@H]1c1cc2c(C(F)F)cccn2n1. The first-order valence-corrected chi connectivity index (χ1v) is 10.5. The van der Waals surface area contributed by atoms with Gasteiger partial charge in [0, 0.05) is 36.3 Å². The second-order valence-corrected chi connectivity index (χ2v) is 8.15. The van der Waals surface area contributed by atoms with E-state index < -0.39 is 18.4 Å². The highest BCUT2D eigenvalue weighted by atomic mass is 19.3. The van der Waals surface area contributed by atoms with Gasteiger partial charge in [-0.15, -0.1) is 10.2 Å². The standard InChI is InChI=1S/C21H19F2N7O2/c22-18(23)12-5-2-7-30-15(12)9-14(28-30)17-16-13(24-10-25-16)6-8-29(17)21(31)20-27-26-19(32-20)11-3-1-4-11/h2,5,7,9-11,17-18H,1,3-4,6,8H2,(H,24,25)/t17-/m0/s1. The Balaban J connectivity index is 1.42. The van der Waals surface area contributed by atoms with Crippen LogP contribution in [0.1, 0.15) is 76.9 Å². The molecular formula is C21H19F2N7O2. The molecule has 5 heterocycles. The van der Waals surface area contributed by atoms with Crippen molar-refractivity contribution in [2.75, 3.05) is 6.54 Å². The molecule has 6 rings (SSSR count). The molecule has 2 aliphatic rings. The van der Waals surface area contributed by atoms with Crippen LogP contribution in [0.2, 0.25) is 0 Å². The van der Waals surface area contributed by atoms with Gasteiger partial charge >= 0.3 is 11.8 Å². The zero-order chi connectivity index (χ0) is 21.8. The van der Waals surface area contributed by atoms with Crippen LogP contribution in [0, 0.1) is 0 Å². The average molecular weight is 439 g/mol. The Kier molecular flexibility index (Phi) is 4.30. The molecule has 4 aromatic rings. The summed E-state index contributed by atoms with van der Waals surface area (Å²) in [5.74, 6) is 0.203. The Morgan fingerprint density at radius 2 is 2.16 bits per heavy atom. The third kappa shape index (κ3) is 2.91. The van der Waals surface area contributed by atoms with Crippen molar-refractivity contribution in [1.29, 1.82) is 0 Å². The largest absolute Gasteiger partial charge is 0.417 e. The average Bonchev–Trinajstić information content (AvgIpc) is 3.49. The van der Waals surface area contributed by atoms with Gasteiger partial charge in [0.1, 0.15) is 6.04 Å². The first-order valence-electron chi connectivity index (χ1n) is 10.5. The minimum atomic E-state index is -2.64. The van der Waals surface area contributed by atoms with E-state index in [0.717, 1.165) is 25.0 Å². The van der Waals surface area contributed by atoms with E-state index in [1.807, 2.05) is 0 Å². The van der Waals surface area contributed by atoms with Gasteiger partial charge in [0.25, 0.3) is 6.43 Å². The molecule has 4 aromatic heterocycles. The van der Waals surface area contributed by atoms with Crippen LogP contribution in [0.3, 0.4) is 0 Å². The van der Waals surface area contributed by atoms with Gasteiger partial charge in [-0.25, -0.2) is 18.3 Å². The topological polar surface area (TPSA) is 105 Å². The predicted molar refractivity (Wildman–Crippen MR) is 106 cm³/mol. The molecular weight excluding hydrogens is 420 g/mol. The number of halogens is 2. The lowest BCUT2D eigenvalue weighted by atomic mass is 9.85. The molecule has 1 N–H and O–H groups in total. The highest BCUT2D eigenvalue weighted by molar-refractivity contribution is 5.90. The minimum absolute atomic E-state index is 0.0760. The fourth-order valence-electron chi connectivity index (χ4n) is 4.43. The van der Waals surface area contributed by atoms with Crippen molar-refractivity contribution in [1.82, 2.24) is 34.7 Å². The van der Waals surface area contributed by atoms with Gasteiger partial charge in [-0.1, -0.05) is 6.42 Å². The Bertz CT molecular complexity index is 1310. The Morgan fingerprint density at radius 1 is 1.28 bits per heavy atom. The number of aromatic nitrogens is 6. The number of fused-ring (bicyclic) bond motifs is 2. The summed E-state index contributed by atoms with van der Waals surface area (Å²) in [6.45, 7) is 0.370. The number of aromatic amines is 1. The summed E-state index contributed by atoms with van der Waals surface area (Å²) < 4.78 is 34.1. The van der Waals surface area contributed by atoms with Crippen molar-refractivity contribution in [2.24, 2.45) is 0 Å². The number of carbonyl (C=O) groups excluding carboxylic acids is 1. The van der Waals surface area contributed by atoms with Crippen molar-refractivity contribution in [3.05, 3.63) is 65.1 Å². The summed E-state index contributed by atoms with van der Waals surface area (Å²) in [5.41, 5.74) is 2.12. The van der Waals surface area contributed by atoms with Crippen molar-refractivity contribution in [3.8, 4) is 0 Å². The molecule has 0 aromatic carbocycles. The molecule has 1 amide bonds. The lowest BCUT2D eigenvalue weighted by Gasteiger charge is -2.32. The van der Waals surface area contributed by atoms with E-state index in [0.29, 0.717) is 30.2 Å². The predicted octanol–water partition coefficient (Wildman–Crippen LogP) is 3.43. The normalized spacial score (nSPS) is 18.8. The highest BCUT2D eigenvalue weighted by Crippen LogP contribution is 2.37. The molecule has 11 heteroatoms. The molecule has 0 spiro atoms. The van der Waals surface area contributed by atoms with Crippen LogP contribution in [-0.2, 0) is 6.42 Å². The number of carbonyl (C=O) groups is 1. The zero-order valence-electron chi connectivity index (χ0n) is 16.9. The quantitative estimate of drug-likeness (QED) is 0.522. The molecule has 0 bridgehead atoms. The molecule has 0 saturated heterocycles. The monoisotopic (exact) mass is 439 g/mol. The van der Waals surface area contributed by atoms with Crippen molar-refractivity contribution in [2.45, 2.75) is 44.1 Å². The maximum absolute atomic E-state index is 13.5. The molecule has 1 fully saturated rings. The van der Waals surface area contributed by atoms with Crippen LogP contribution in [0.5, 0.6) is 0 Å². The summed E-state index contributed by atoms with van der Waals surface area (Å²) in [6, 6.07) is 3.82. The molecule has 9 nitrogen and oxygen atoms in total. The number of nitrogens with zero attached hydrogens (tertiary/aromatic N) is 6. The fourth-order valence-corrected chi connectivity index (χ4v) is 4.43. The lowest BCUT2D eigenvalue weighted by molar-refractivity contribution is 0.0642. The van der Waals surface area contributed by atoms with Crippen molar-refractivity contribution in [3.63, 3.8) is 0 Å². The molecule has 1 atom stereocenters. The molecule has 0 radical (unpaired) electrons. The van der Waals surface area contributed by atoms with Gasteiger partial charge < -0.3 is 14.3 Å². The van der Waals surface area contributed by atoms with E-state index in [-0.39, 0.29) is 22.9 Å². The summed E-state index contributed by atoms with van der Waals surface area (Å²) in [4.78, 5) is 22.5. The van der Waals surface area contributed by atoms with Crippen molar-refractivity contribution < 1.29 is 18.0 Å². The summed E-state index contributed by atoms with van der Waals surface area (Å²) >= 11 is 0. The van der Waals surface area contributed by atoms with Gasteiger partial charge in [0.2, 0.25) is 5.89 Å². The summed E-state index contributed by atoms with van der Waals surface area (Å²) in [5, 5.41) is 12.6. The van der Waals surface area contributed by atoms with Crippen LogP contribution in [0.4, 0.5) is 8.78 Å². The van der Waals surface area contributed by atoms with Crippen LogP contribution in [0.15, 0.2) is 35.1 Å². The lowest BCUT2D eigenvalue weighted by Crippen LogP contribution is -2.41. The van der Waals surface area contributed by atoms with E-state index in [9.17, 15) is 13.6 Å². The molecule has 1 aliphatic carbocycles. The second kappa shape index (κ2) is 7.21. The molecule has 32 heavy (non-hydrogen) atoms. The number of H-pyrrole nitrogens is 1. The first-order chi connectivity index (χ1) is 15.6.